The Morgan fingerprint density at radius 3 is 2.71 bits per heavy atom. The van der Waals surface area contributed by atoms with Gasteiger partial charge in [-0.2, -0.15) is 0 Å². The van der Waals surface area contributed by atoms with Gasteiger partial charge in [0.25, 0.3) is 0 Å². The largest absolute Gasteiger partial charge is 0.490 e. The molecule has 0 heterocycles. The predicted octanol–water partition coefficient (Wildman–Crippen LogP) is 2.02. The number of anilines is 1. The van der Waals surface area contributed by atoms with Crippen molar-refractivity contribution in [2.24, 2.45) is 0 Å². The van der Waals surface area contributed by atoms with Crippen LogP contribution >= 0.6 is 0 Å². The van der Waals surface area contributed by atoms with Crippen LogP contribution in [0.1, 0.15) is 20.8 Å². The molecule has 0 saturated carbocycles. The monoisotopic (exact) mass is 236 g/mol. The van der Waals surface area contributed by atoms with Crippen LogP contribution in [0.4, 0.5) is 5.69 Å². The van der Waals surface area contributed by atoms with Crippen molar-refractivity contribution >= 4 is 11.6 Å². The molecule has 0 bridgehead atoms. The maximum Gasteiger partial charge on any atom is 0.221 e. The quantitative estimate of drug-likeness (QED) is 0.743. The number of hydrogen-bond acceptors (Lipinski definition) is 3. The van der Waals surface area contributed by atoms with Gasteiger partial charge in [0.1, 0.15) is 12.4 Å². The summed E-state index contributed by atoms with van der Waals surface area (Å²) in [6.07, 6.45) is 0. The molecule has 4 nitrogen and oxygen atoms in total. The van der Waals surface area contributed by atoms with Crippen molar-refractivity contribution < 1.29 is 9.53 Å². The highest BCUT2D eigenvalue weighted by Crippen LogP contribution is 2.23. The Bertz CT molecular complexity index is 364. The van der Waals surface area contributed by atoms with E-state index < -0.39 is 0 Å². The minimum absolute atomic E-state index is 0.0960. The third kappa shape index (κ3) is 5.36. The van der Waals surface area contributed by atoms with Crippen LogP contribution in [0.2, 0.25) is 0 Å². The summed E-state index contributed by atoms with van der Waals surface area (Å²) in [5, 5.41) is 6.00. The molecular formula is C13H20N2O2. The Morgan fingerprint density at radius 1 is 1.35 bits per heavy atom. The fraction of sp³-hybridized carbons (Fsp3) is 0.462. The van der Waals surface area contributed by atoms with Crippen molar-refractivity contribution in [3.8, 4) is 5.75 Å². The standard InChI is InChI=1S/C13H20N2O2/c1-10(2)14-8-9-17-13-7-5-4-6-12(13)15-11(3)16/h4-7,10,14H,8-9H2,1-3H3,(H,15,16). The maximum atomic E-state index is 11.0. The Labute approximate surface area is 102 Å². The van der Waals surface area contributed by atoms with Crippen LogP contribution in [-0.4, -0.2) is 25.1 Å². The van der Waals surface area contributed by atoms with Gasteiger partial charge in [-0.05, 0) is 12.1 Å². The first-order valence-electron chi connectivity index (χ1n) is 5.82. The zero-order valence-electron chi connectivity index (χ0n) is 10.6. The fourth-order valence-electron chi connectivity index (χ4n) is 1.39. The molecule has 17 heavy (non-hydrogen) atoms. The Kier molecular flexibility index (Phi) is 5.49. The molecule has 1 amide bonds. The molecule has 4 heteroatoms. The summed E-state index contributed by atoms with van der Waals surface area (Å²) in [5.41, 5.74) is 0.713. The zero-order valence-corrected chi connectivity index (χ0v) is 10.6. The minimum Gasteiger partial charge on any atom is -0.490 e. The van der Waals surface area contributed by atoms with Gasteiger partial charge in [0.15, 0.2) is 0 Å². The summed E-state index contributed by atoms with van der Waals surface area (Å²) >= 11 is 0. The van der Waals surface area contributed by atoms with Gasteiger partial charge in [-0.1, -0.05) is 26.0 Å². The number of ether oxygens (including phenoxy) is 1. The molecule has 0 radical (unpaired) electrons. The number of benzene rings is 1. The highest BCUT2D eigenvalue weighted by atomic mass is 16.5. The molecule has 0 spiro atoms. The van der Waals surface area contributed by atoms with Crippen molar-refractivity contribution in [1.29, 1.82) is 0 Å². The number of rotatable bonds is 6. The third-order valence-corrected chi connectivity index (χ3v) is 2.11. The number of hydrogen-bond donors (Lipinski definition) is 2. The van der Waals surface area contributed by atoms with Gasteiger partial charge in [-0.3, -0.25) is 4.79 Å². The number of amides is 1. The molecule has 2 N–H and O–H groups in total. The molecule has 0 aliphatic rings. The second kappa shape index (κ2) is 6.91. The summed E-state index contributed by atoms with van der Waals surface area (Å²) in [7, 11) is 0. The third-order valence-electron chi connectivity index (χ3n) is 2.11. The van der Waals surface area contributed by atoms with E-state index >= 15 is 0 Å². The van der Waals surface area contributed by atoms with Gasteiger partial charge in [0.05, 0.1) is 5.69 Å². The molecule has 0 aliphatic carbocycles. The van der Waals surface area contributed by atoms with Gasteiger partial charge in [0, 0.05) is 19.5 Å². The summed E-state index contributed by atoms with van der Waals surface area (Å²) in [5.74, 6) is 0.606. The van der Waals surface area contributed by atoms with Crippen molar-refractivity contribution in [2.75, 3.05) is 18.5 Å². The van der Waals surface area contributed by atoms with Crippen LogP contribution in [0.15, 0.2) is 24.3 Å². The summed E-state index contributed by atoms with van der Waals surface area (Å²) in [4.78, 5) is 11.0. The van der Waals surface area contributed by atoms with Crippen molar-refractivity contribution in [2.45, 2.75) is 26.8 Å². The fourth-order valence-corrected chi connectivity index (χ4v) is 1.39. The molecule has 0 aliphatic heterocycles. The van der Waals surface area contributed by atoms with Crippen LogP contribution in [0.3, 0.4) is 0 Å². The minimum atomic E-state index is -0.0960. The first-order valence-corrected chi connectivity index (χ1v) is 5.82. The van der Waals surface area contributed by atoms with Gasteiger partial charge >= 0.3 is 0 Å². The van der Waals surface area contributed by atoms with E-state index in [-0.39, 0.29) is 5.91 Å². The maximum absolute atomic E-state index is 11.0. The first kappa shape index (κ1) is 13.5. The lowest BCUT2D eigenvalue weighted by atomic mass is 10.3. The predicted molar refractivity (Wildman–Crippen MR) is 69.4 cm³/mol. The molecule has 1 aromatic carbocycles. The van der Waals surface area contributed by atoms with E-state index in [0.29, 0.717) is 24.1 Å². The van der Waals surface area contributed by atoms with E-state index in [1.54, 1.807) is 0 Å². The number of carbonyl (C=O) groups excluding carboxylic acids is 1. The van der Waals surface area contributed by atoms with E-state index in [4.69, 9.17) is 4.74 Å². The smallest absolute Gasteiger partial charge is 0.221 e. The number of carbonyl (C=O) groups is 1. The SMILES string of the molecule is CC(=O)Nc1ccccc1OCCNC(C)C. The summed E-state index contributed by atoms with van der Waals surface area (Å²) in [6.45, 7) is 7.02. The second-order valence-corrected chi connectivity index (χ2v) is 4.13. The van der Waals surface area contributed by atoms with E-state index in [2.05, 4.69) is 24.5 Å². The Balaban J connectivity index is 2.49. The Morgan fingerprint density at radius 2 is 2.06 bits per heavy atom. The van der Waals surface area contributed by atoms with Crippen molar-refractivity contribution in [3.63, 3.8) is 0 Å². The van der Waals surface area contributed by atoms with E-state index in [0.717, 1.165) is 6.54 Å². The average Bonchev–Trinajstić information content (AvgIpc) is 2.25. The molecular weight excluding hydrogens is 216 g/mol. The van der Waals surface area contributed by atoms with Gasteiger partial charge in [-0.15, -0.1) is 0 Å². The molecule has 0 aromatic heterocycles. The lowest BCUT2D eigenvalue weighted by Crippen LogP contribution is -2.27. The van der Waals surface area contributed by atoms with E-state index in [9.17, 15) is 4.79 Å². The molecule has 0 fully saturated rings. The number of para-hydroxylation sites is 2. The van der Waals surface area contributed by atoms with Crippen LogP contribution in [0, 0.1) is 0 Å². The van der Waals surface area contributed by atoms with Gasteiger partial charge in [0.2, 0.25) is 5.91 Å². The highest BCUT2D eigenvalue weighted by molar-refractivity contribution is 5.90. The molecule has 94 valence electrons. The Hall–Kier alpha value is -1.55. The molecule has 1 aromatic rings. The summed E-state index contributed by atoms with van der Waals surface area (Å²) in [6, 6.07) is 7.87. The van der Waals surface area contributed by atoms with Crippen LogP contribution < -0.4 is 15.4 Å². The number of nitrogens with one attached hydrogen (secondary N) is 2. The first-order chi connectivity index (χ1) is 8.09. The topological polar surface area (TPSA) is 50.4 Å². The van der Waals surface area contributed by atoms with E-state index in [1.807, 2.05) is 24.3 Å². The zero-order chi connectivity index (χ0) is 12.7. The highest BCUT2D eigenvalue weighted by Gasteiger charge is 2.03. The molecule has 0 saturated heterocycles. The van der Waals surface area contributed by atoms with Crippen molar-refractivity contribution in [1.82, 2.24) is 5.32 Å². The van der Waals surface area contributed by atoms with E-state index in [1.165, 1.54) is 6.92 Å². The lowest BCUT2D eigenvalue weighted by Gasteiger charge is -2.13. The van der Waals surface area contributed by atoms with Crippen molar-refractivity contribution in [3.05, 3.63) is 24.3 Å². The lowest BCUT2D eigenvalue weighted by molar-refractivity contribution is -0.114. The molecule has 1 rings (SSSR count). The van der Waals surface area contributed by atoms with Crippen LogP contribution in [0.5, 0.6) is 5.75 Å². The van der Waals surface area contributed by atoms with Crippen LogP contribution in [-0.2, 0) is 4.79 Å². The van der Waals surface area contributed by atoms with Gasteiger partial charge < -0.3 is 15.4 Å². The molecule has 0 unspecified atom stereocenters. The second-order valence-electron chi connectivity index (χ2n) is 4.13. The average molecular weight is 236 g/mol. The van der Waals surface area contributed by atoms with Gasteiger partial charge in [-0.25, -0.2) is 0 Å². The molecule has 0 atom stereocenters. The normalized spacial score (nSPS) is 10.4. The summed E-state index contributed by atoms with van der Waals surface area (Å²) < 4.78 is 5.61. The van der Waals surface area contributed by atoms with Crippen LogP contribution in [0.25, 0.3) is 0 Å².